The van der Waals surface area contributed by atoms with Crippen molar-refractivity contribution in [2.75, 3.05) is 30.4 Å². The minimum atomic E-state index is 0.676. The van der Waals surface area contributed by atoms with Crippen molar-refractivity contribution in [3.05, 3.63) is 42.2 Å². The molecule has 1 aromatic carbocycles. The van der Waals surface area contributed by atoms with E-state index in [9.17, 15) is 5.26 Å². The van der Waals surface area contributed by atoms with Gasteiger partial charge in [0.2, 0.25) is 0 Å². The average Bonchev–Trinajstić information content (AvgIpc) is 2.47. The highest BCUT2D eigenvalue weighted by molar-refractivity contribution is 5.83. The lowest BCUT2D eigenvalue weighted by atomic mass is 9.99. The van der Waals surface area contributed by atoms with E-state index in [1.807, 2.05) is 18.2 Å². The molecule has 4 heteroatoms. The smallest absolute Gasteiger partial charge is 0.0999 e. The Morgan fingerprint density at radius 3 is 3.05 bits per heavy atom. The van der Waals surface area contributed by atoms with E-state index in [1.54, 1.807) is 12.4 Å². The number of hydrogen-bond donors (Lipinski definition) is 1. The third kappa shape index (κ3) is 2.00. The maximum absolute atomic E-state index is 9.34. The van der Waals surface area contributed by atoms with Gasteiger partial charge in [0.1, 0.15) is 0 Å². The second-order valence-corrected chi connectivity index (χ2v) is 4.62. The van der Waals surface area contributed by atoms with Crippen molar-refractivity contribution >= 4 is 11.4 Å². The summed E-state index contributed by atoms with van der Waals surface area (Å²) < 4.78 is 0. The van der Waals surface area contributed by atoms with Crippen molar-refractivity contribution in [3.63, 3.8) is 0 Å². The third-order valence-electron chi connectivity index (χ3n) is 3.40. The van der Waals surface area contributed by atoms with Gasteiger partial charge in [-0.15, -0.1) is 0 Å². The zero-order valence-electron chi connectivity index (χ0n) is 10.7. The van der Waals surface area contributed by atoms with Crippen LogP contribution in [0.15, 0.2) is 36.7 Å². The molecule has 3 rings (SSSR count). The fourth-order valence-corrected chi connectivity index (χ4v) is 2.38. The van der Waals surface area contributed by atoms with Crippen LogP contribution in [-0.2, 0) is 0 Å². The highest BCUT2D eigenvalue weighted by atomic mass is 15.2. The molecule has 0 radical (unpaired) electrons. The molecule has 0 atom stereocenters. The summed E-state index contributed by atoms with van der Waals surface area (Å²) in [6, 6.07) is 10.1. The Hall–Kier alpha value is -2.54. The fourth-order valence-electron chi connectivity index (χ4n) is 2.38. The molecule has 1 aliphatic rings. The summed E-state index contributed by atoms with van der Waals surface area (Å²) in [5.74, 6) is 0. The summed E-state index contributed by atoms with van der Waals surface area (Å²) in [6.45, 7) is 1.87. The van der Waals surface area contributed by atoms with Gasteiger partial charge in [0.05, 0.1) is 23.0 Å². The standard InChI is InChI=1S/C15H14N4/c1-19-6-5-18-14-7-12(9-16)13(8-15(14)19)11-3-2-4-17-10-11/h2-4,7-8,10,18H,5-6H2,1H3. The number of anilines is 2. The highest BCUT2D eigenvalue weighted by Crippen LogP contribution is 2.35. The molecule has 4 nitrogen and oxygen atoms in total. The molecular formula is C15H14N4. The van der Waals surface area contributed by atoms with Crippen LogP contribution in [0.4, 0.5) is 11.4 Å². The van der Waals surface area contributed by atoms with E-state index in [2.05, 4.69) is 34.4 Å². The molecule has 0 spiro atoms. The van der Waals surface area contributed by atoms with Crippen LogP contribution in [-0.4, -0.2) is 25.1 Å². The minimum Gasteiger partial charge on any atom is -0.382 e. The van der Waals surface area contributed by atoms with Crippen molar-refractivity contribution in [1.29, 1.82) is 5.26 Å². The van der Waals surface area contributed by atoms with Gasteiger partial charge >= 0.3 is 0 Å². The monoisotopic (exact) mass is 250 g/mol. The summed E-state index contributed by atoms with van der Waals surface area (Å²) in [6.07, 6.45) is 3.53. The molecule has 1 aliphatic heterocycles. The number of rotatable bonds is 1. The van der Waals surface area contributed by atoms with Gasteiger partial charge in [0.25, 0.3) is 0 Å². The number of nitrogens with one attached hydrogen (secondary N) is 1. The van der Waals surface area contributed by atoms with E-state index in [-0.39, 0.29) is 0 Å². The quantitative estimate of drug-likeness (QED) is 0.844. The first-order chi connectivity index (χ1) is 9.29. The zero-order chi connectivity index (χ0) is 13.2. The summed E-state index contributed by atoms with van der Waals surface area (Å²) in [5.41, 5.74) is 4.74. The van der Waals surface area contributed by atoms with Gasteiger partial charge in [-0.2, -0.15) is 5.26 Å². The number of nitrogens with zero attached hydrogens (tertiary/aromatic N) is 3. The van der Waals surface area contributed by atoms with Crippen LogP contribution in [0.5, 0.6) is 0 Å². The SMILES string of the molecule is CN1CCNc2cc(C#N)c(-c3cccnc3)cc21. The van der Waals surface area contributed by atoms with Crippen molar-refractivity contribution < 1.29 is 0 Å². The highest BCUT2D eigenvalue weighted by Gasteiger charge is 2.17. The Bertz CT molecular complexity index is 643. The van der Waals surface area contributed by atoms with Gasteiger partial charge in [0.15, 0.2) is 0 Å². The van der Waals surface area contributed by atoms with E-state index in [1.165, 1.54) is 0 Å². The summed E-state index contributed by atoms with van der Waals surface area (Å²) in [4.78, 5) is 6.33. The summed E-state index contributed by atoms with van der Waals surface area (Å²) >= 11 is 0. The predicted octanol–water partition coefficient (Wildman–Crippen LogP) is 2.48. The first-order valence-electron chi connectivity index (χ1n) is 6.23. The molecule has 2 heterocycles. The number of hydrogen-bond acceptors (Lipinski definition) is 4. The molecule has 0 amide bonds. The molecule has 1 aromatic heterocycles. The van der Waals surface area contributed by atoms with E-state index < -0.39 is 0 Å². The molecule has 94 valence electrons. The van der Waals surface area contributed by atoms with Crippen LogP contribution < -0.4 is 10.2 Å². The van der Waals surface area contributed by atoms with Crippen molar-refractivity contribution in [3.8, 4) is 17.2 Å². The summed E-state index contributed by atoms with van der Waals surface area (Å²) in [5, 5.41) is 12.7. The van der Waals surface area contributed by atoms with Crippen LogP contribution in [0.1, 0.15) is 5.56 Å². The molecular weight excluding hydrogens is 236 g/mol. The maximum Gasteiger partial charge on any atom is 0.0999 e. The number of fused-ring (bicyclic) bond motifs is 1. The molecule has 0 aliphatic carbocycles. The lowest BCUT2D eigenvalue weighted by molar-refractivity contribution is 0.887. The first kappa shape index (κ1) is 11.5. The molecule has 0 saturated heterocycles. The van der Waals surface area contributed by atoms with Gasteiger partial charge in [-0.25, -0.2) is 0 Å². The normalized spacial score (nSPS) is 13.4. The minimum absolute atomic E-state index is 0.676. The molecule has 1 N–H and O–H groups in total. The van der Waals surface area contributed by atoms with Crippen LogP contribution in [0, 0.1) is 11.3 Å². The van der Waals surface area contributed by atoms with Gasteiger partial charge in [-0.05, 0) is 18.2 Å². The van der Waals surface area contributed by atoms with Crippen LogP contribution in [0.3, 0.4) is 0 Å². The Morgan fingerprint density at radius 2 is 2.32 bits per heavy atom. The summed E-state index contributed by atoms with van der Waals surface area (Å²) in [7, 11) is 2.07. The largest absolute Gasteiger partial charge is 0.382 e. The Balaban J connectivity index is 2.20. The number of pyridine rings is 1. The Kier molecular flexibility index (Phi) is 2.81. The van der Waals surface area contributed by atoms with E-state index in [0.29, 0.717) is 5.56 Å². The number of benzene rings is 1. The van der Waals surface area contributed by atoms with E-state index in [4.69, 9.17) is 0 Å². The third-order valence-corrected chi connectivity index (χ3v) is 3.40. The maximum atomic E-state index is 9.34. The lowest BCUT2D eigenvalue weighted by Crippen LogP contribution is -2.30. The lowest BCUT2D eigenvalue weighted by Gasteiger charge is -2.29. The van der Waals surface area contributed by atoms with Crippen molar-refractivity contribution in [2.24, 2.45) is 0 Å². The molecule has 0 bridgehead atoms. The average molecular weight is 250 g/mol. The van der Waals surface area contributed by atoms with E-state index in [0.717, 1.165) is 35.6 Å². The Labute approximate surface area is 112 Å². The van der Waals surface area contributed by atoms with Gasteiger partial charge in [-0.1, -0.05) is 6.07 Å². The topological polar surface area (TPSA) is 52.0 Å². The van der Waals surface area contributed by atoms with Crippen molar-refractivity contribution in [2.45, 2.75) is 0 Å². The molecule has 0 saturated carbocycles. The molecule has 19 heavy (non-hydrogen) atoms. The van der Waals surface area contributed by atoms with Crippen LogP contribution in [0.25, 0.3) is 11.1 Å². The molecule has 2 aromatic rings. The number of nitriles is 1. The second kappa shape index (κ2) is 4.62. The predicted molar refractivity (Wildman–Crippen MR) is 76.1 cm³/mol. The van der Waals surface area contributed by atoms with E-state index >= 15 is 0 Å². The van der Waals surface area contributed by atoms with Gasteiger partial charge in [-0.3, -0.25) is 4.98 Å². The number of aromatic nitrogens is 1. The fraction of sp³-hybridized carbons (Fsp3) is 0.200. The van der Waals surface area contributed by atoms with Crippen molar-refractivity contribution in [1.82, 2.24) is 4.98 Å². The number of likely N-dealkylation sites (N-methyl/N-ethyl adjacent to an activating group) is 1. The Morgan fingerprint density at radius 1 is 1.42 bits per heavy atom. The van der Waals surface area contributed by atoms with Crippen LogP contribution in [0.2, 0.25) is 0 Å². The van der Waals surface area contributed by atoms with Gasteiger partial charge < -0.3 is 10.2 Å². The van der Waals surface area contributed by atoms with Gasteiger partial charge in [0, 0.05) is 43.7 Å². The molecule has 0 fully saturated rings. The second-order valence-electron chi connectivity index (χ2n) is 4.62. The first-order valence-corrected chi connectivity index (χ1v) is 6.23. The van der Waals surface area contributed by atoms with Crippen LogP contribution >= 0.6 is 0 Å². The zero-order valence-corrected chi connectivity index (χ0v) is 10.7. The molecule has 0 unspecified atom stereocenters.